The number of benzene rings is 1. The monoisotopic (exact) mass is 511 g/mol. The molecular weight excluding hydrogens is 500 g/mol. The summed E-state index contributed by atoms with van der Waals surface area (Å²) >= 11 is 5.86. The zero-order chi connectivity index (χ0) is 14.5. The van der Waals surface area contributed by atoms with Gasteiger partial charge in [-0.05, 0) is 81.2 Å². The van der Waals surface area contributed by atoms with Crippen LogP contribution in [0, 0.1) is 7.40 Å². The highest BCUT2D eigenvalue weighted by Gasteiger charge is 2.05. The molecule has 7 heteroatoms. The highest BCUT2D eigenvalue weighted by molar-refractivity contribution is 14.1. The van der Waals surface area contributed by atoms with Crippen molar-refractivity contribution in [2.75, 3.05) is 5.32 Å². The maximum absolute atomic E-state index is 11.3. The molecule has 104 valence electrons. The minimum Gasteiger partial charge on any atom is -0.326 e. The van der Waals surface area contributed by atoms with Crippen LogP contribution in [-0.2, 0) is 4.79 Å². The second-order valence-corrected chi connectivity index (χ2v) is 7.08. The van der Waals surface area contributed by atoms with Crippen molar-refractivity contribution in [3.63, 3.8) is 0 Å². The minimum atomic E-state index is 0.0147. The van der Waals surface area contributed by atoms with Gasteiger partial charge < -0.3 is 5.32 Å². The van der Waals surface area contributed by atoms with Gasteiger partial charge in [-0.1, -0.05) is 6.92 Å². The molecule has 2 rings (SSSR count). The van der Waals surface area contributed by atoms with Crippen molar-refractivity contribution in [1.82, 2.24) is 9.97 Å². The van der Waals surface area contributed by atoms with E-state index in [1.165, 1.54) is 11.8 Å². The number of halogens is 2. The molecular formula is C13H11I2N3OS. The van der Waals surface area contributed by atoms with Crippen LogP contribution < -0.4 is 5.32 Å². The molecule has 1 aromatic carbocycles. The molecule has 0 fully saturated rings. The summed E-state index contributed by atoms with van der Waals surface area (Å²) in [4.78, 5) is 21.1. The predicted octanol–water partition coefficient (Wildman–Crippen LogP) is 4.19. The van der Waals surface area contributed by atoms with Crippen molar-refractivity contribution in [1.29, 1.82) is 0 Å². The van der Waals surface area contributed by atoms with Gasteiger partial charge in [-0.15, -0.1) is 0 Å². The lowest BCUT2D eigenvalue weighted by Gasteiger charge is -2.05. The van der Waals surface area contributed by atoms with Crippen LogP contribution >= 0.6 is 56.9 Å². The Morgan fingerprint density at radius 3 is 2.35 bits per heavy atom. The molecule has 0 aliphatic rings. The summed E-state index contributed by atoms with van der Waals surface area (Å²) in [5, 5.41) is 3.55. The molecule has 0 aliphatic heterocycles. The molecule has 20 heavy (non-hydrogen) atoms. The van der Waals surface area contributed by atoms with E-state index in [1.807, 2.05) is 37.3 Å². The van der Waals surface area contributed by atoms with Gasteiger partial charge in [0.1, 0.15) is 7.40 Å². The van der Waals surface area contributed by atoms with Crippen LogP contribution in [-0.4, -0.2) is 15.9 Å². The molecule has 0 unspecified atom stereocenters. The number of hydrogen-bond donors (Lipinski definition) is 1. The predicted molar refractivity (Wildman–Crippen MR) is 97.0 cm³/mol. The minimum absolute atomic E-state index is 0.0147. The van der Waals surface area contributed by atoms with Crippen LogP contribution in [0.2, 0.25) is 0 Å². The van der Waals surface area contributed by atoms with Gasteiger partial charge in [-0.2, -0.15) is 0 Å². The van der Waals surface area contributed by atoms with E-state index in [1.54, 1.807) is 0 Å². The van der Waals surface area contributed by atoms with E-state index in [0.717, 1.165) is 23.1 Å². The summed E-state index contributed by atoms with van der Waals surface area (Å²) in [5.41, 5.74) is 0.805. The Hall–Kier alpha value is -0.420. The average molecular weight is 511 g/mol. The smallest absolute Gasteiger partial charge is 0.224 e. The third-order valence-corrected chi connectivity index (χ3v) is 4.29. The van der Waals surface area contributed by atoms with Crippen molar-refractivity contribution in [3.05, 3.63) is 37.7 Å². The number of rotatable bonds is 4. The van der Waals surface area contributed by atoms with Crippen molar-refractivity contribution in [3.8, 4) is 0 Å². The Bertz CT molecular complexity index is 599. The summed E-state index contributed by atoms with van der Waals surface area (Å²) in [5.74, 6) is 0.0147. The Morgan fingerprint density at radius 1 is 1.20 bits per heavy atom. The van der Waals surface area contributed by atoms with Gasteiger partial charge in [0.2, 0.25) is 5.91 Å². The molecule has 4 nitrogen and oxygen atoms in total. The molecule has 0 spiro atoms. The van der Waals surface area contributed by atoms with Crippen molar-refractivity contribution in [2.45, 2.75) is 23.4 Å². The molecule has 1 heterocycles. The lowest BCUT2D eigenvalue weighted by Crippen LogP contribution is -2.08. The second-order valence-electron chi connectivity index (χ2n) is 3.82. The highest BCUT2D eigenvalue weighted by atomic mass is 127. The van der Waals surface area contributed by atoms with E-state index in [2.05, 4.69) is 60.5 Å². The molecule has 0 bridgehead atoms. The van der Waals surface area contributed by atoms with Crippen molar-refractivity contribution in [2.24, 2.45) is 0 Å². The van der Waals surface area contributed by atoms with Crippen LogP contribution in [0.25, 0.3) is 0 Å². The number of hydrogen-bond acceptors (Lipinski definition) is 4. The first-order valence-electron chi connectivity index (χ1n) is 5.84. The summed E-state index contributed by atoms with van der Waals surface area (Å²) in [7, 11) is 0. The third kappa shape index (κ3) is 4.85. The zero-order valence-corrected chi connectivity index (χ0v) is 15.7. The Morgan fingerprint density at radius 2 is 1.80 bits per heavy atom. The van der Waals surface area contributed by atoms with Crippen LogP contribution in [0.1, 0.15) is 13.3 Å². The highest BCUT2D eigenvalue weighted by Crippen LogP contribution is 2.26. The quantitative estimate of drug-likeness (QED) is 0.381. The normalized spacial score (nSPS) is 10.3. The maximum Gasteiger partial charge on any atom is 0.224 e. The topological polar surface area (TPSA) is 54.9 Å². The third-order valence-electron chi connectivity index (χ3n) is 2.31. The van der Waals surface area contributed by atoms with E-state index >= 15 is 0 Å². The maximum atomic E-state index is 11.3. The first-order valence-corrected chi connectivity index (χ1v) is 8.82. The van der Waals surface area contributed by atoms with Gasteiger partial charge >= 0.3 is 0 Å². The fourth-order valence-electron chi connectivity index (χ4n) is 1.38. The second kappa shape index (κ2) is 7.55. The molecule has 0 atom stereocenters. The standard InChI is InChI=1S/C13H11I2N3OS/c1-2-12(19)16-8-3-5-9(6-4-8)20-13-17-10(14)7-11(15)18-13/h3-7H,2H2,1H3,(H,16,19). The zero-order valence-electron chi connectivity index (χ0n) is 10.6. The summed E-state index contributed by atoms with van der Waals surface area (Å²) in [6, 6.07) is 9.59. The Labute approximate surface area is 148 Å². The van der Waals surface area contributed by atoms with E-state index in [-0.39, 0.29) is 5.91 Å². The molecule has 0 saturated heterocycles. The van der Waals surface area contributed by atoms with E-state index < -0.39 is 0 Å². The number of nitrogens with zero attached hydrogens (tertiary/aromatic N) is 2. The molecule has 2 aromatic rings. The number of aromatic nitrogens is 2. The number of amides is 1. The largest absolute Gasteiger partial charge is 0.326 e. The van der Waals surface area contributed by atoms with Crippen LogP contribution in [0.3, 0.4) is 0 Å². The summed E-state index contributed by atoms with van der Waals surface area (Å²) < 4.78 is 1.85. The van der Waals surface area contributed by atoms with Crippen LogP contribution in [0.5, 0.6) is 0 Å². The van der Waals surface area contributed by atoms with Crippen molar-refractivity contribution < 1.29 is 4.79 Å². The van der Waals surface area contributed by atoms with Gasteiger partial charge in [0.25, 0.3) is 0 Å². The van der Waals surface area contributed by atoms with Gasteiger partial charge in [-0.3, -0.25) is 4.79 Å². The van der Waals surface area contributed by atoms with Gasteiger partial charge in [0.05, 0.1) is 0 Å². The fourth-order valence-corrected chi connectivity index (χ4v) is 4.12. The number of nitrogens with one attached hydrogen (secondary N) is 1. The lowest BCUT2D eigenvalue weighted by molar-refractivity contribution is -0.115. The first-order chi connectivity index (χ1) is 9.56. The Kier molecular flexibility index (Phi) is 6.02. The van der Waals surface area contributed by atoms with E-state index in [4.69, 9.17) is 0 Å². The average Bonchev–Trinajstić information content (AvgIpc) is 2.39. The van der Waals surface area contributed by atoms with Crippen molar-refractivity contribution >= 4 is 68.5 Å². The number of anilines is 1. The SMILES string of the molecule is CCC(=O)Nc1ccc(Sc2nc(I)cc(I)n2)cc1. The van der Waals surface area contributed by atoms with Crippen LogP contribution in [0.15, 0.2) is 40.4 Å². The Balaban J connectivity index is 2.08. The summed E-state index contributed by atoms with van der Waals surface area (Å²) in [6.07, 6.45) is 0.477. The van der Waals surface area contributed by atoms with Gasteiger partial charge in [-0.25, -0.2) is 9.97 Å². The molecule has 0 radical (unpaired) electrons. The fraction of sp³-hybridized carbons (Fsp3) is 0.154. The molecule has 0 aliphatic carbocycles. The molecule has 1 aromatic heterocycles. The lowest BCUT2D eigenvalue weighted by atomic mass is 10.3. The first kappa shape index (κ1) is 16.0. The van der Waals surface area contributed by atoms with E-state index in [0.29, 0.717) is 6.42 Å². The van der Waals surface area contributed by atoms with Crippen LogP contribution in [0.4, 0.5) is 5.69 Å². The number of carbonyl (C=O) groups excluding carboxylic acids is 1. The summed E-state index contributed by atoms with van der Waals surface area (Å²) in [6.45, 7) is 1.83. The van der Waals surface area contributed by atoms with E-state index in [9.17, 15) is 4.79 Å². The molecule has 1 N–H and O–H groups in total. The van der Waals surface area contributed by atoms with Gasteiger partial charge in [0.15, 0.2) is 5.16 Å². The van der Waals surface area contributed by atoms with Gasteiger partial charge in [0, 0.05) is 23.1 Å². The molecule has 1 amide bonds. The number of carbonyl (C=O) groups is 1. The molecule has 0 saturated carbocycles.